The summed E-state index contributed by atoms with van der Waals surface area (Å²) in [5.74, 6) is 0.429. The molecular weight excluding hydrogens is 302 g/mol. The molecule has 1 aromatic carbocycles. The third-order valence-corrected chi connectivity index (χ3v) is 5.34. The van der Waals surface area contributed by atoms with Gasteiger partial charge in [0.05, 0.1) is 6.04 Å². The largest absolute Gasteiger partial charge is 0.343 e. The first-order valence-electron chi connectivity index (χ1n) is 8.85. The molecule has 0 aliphatic carbocycles. The molecule has 2 heterocycles. The van der Waals surface area contributed by atoms with Crippen molar-refractivity contribution in [1.29, 1.82) is 0 Å². The molecule has 2 aliphatic heterocycles. The Bertz CT molecular complexity index is 582. The molecule has 0 unspecified atom stereocenters. The van der Waals surface area contributed by atoms with Gasteiger partial charge in [-0.15, -0.1) is 0 Å². The van der Waals surface area contributed by atoms with E-state index in [9.17, 15) is 9.59 Å². The summed E-state index contributed by atoms with van der Waals surface area (Å²) >= 11 is 0. The summed E-state index contributed by atoms with van der Waals surface area (Å²) in [7, 11) is 2.11. The van der Waals surface area contributed by atoms with Crippen molar-refractivity contribution in [2.45, 2.75) is 25.8 Å². The SMILES string of the molecule is CC(=O)N1CCC(C(=O)N2CCN(C)C[C@H]2c2ccccc2)CC1. The van der Waals surface area contributed by atoms with Crippen LogP contribution in [0.2, 0.25) is 0 Å². The second-order valence-corrected chi connectivity index (χ2v) is 7.00. The van der Waals surface area contributed by atoms with Crippen molar-refractivity contribution in [2.24, 2.45) is 5.92 Å². The normalized spacial score (nSPS) is 23.3. The van der Waals surface area contributed by atoms with E-state index in [0.29, 0.717) is 13.1 Å². The molecule has 0 bridgehead atoms. The summed E-state index contributed by atoms with van der Waals surface area (Å²) in [6.07, 6.45) is 1.57. The number of hydrogen-bond acceptors (Lipinski definition) is 3. The summed E-state index contributed by atoms with van der Waals surface area (Å²) in [5, 5.41) is 0. The number of rotatable bonds is 2. The van der Waals surface area contributed by atoms with Crippen molar-refractivity contribution in [3.63, 3.8) is 0 Å². The molecule has 2 aliphatic rings. The molecule has 2 amide bonds. The van der Waals surface area contributed by atoms with Gasteiger partial charge >= 0.3 is 0 Å². The lowest BCUT2D eigenvalue weighted by Gasteiger charge is -2.43. The summed E-state index contributed by atoms with van der Waals surface area (Å²) < 4.78 is 0. The van der Waals surface area contributed by atoms with Crippen LogP contribution in [0, 0.1) is 5.92 Å². The molecule has 0 spiro atoms. The van der Waals surface area contributed by atoms with E-state index >= 15 is 0 Å². The highest BCUT2D eigenvalue weighted by atomic mass is 16.2. The average molecular weight is 329 g/mol. The molecule has 130 valence electrons. The Kier molecular flexibility index (Phi) is 5.19. The zero-order valence-electron chi connectivity index (χ0n) is 14.6. The fourth-order valence-corrected chi connectivity index (χ4v) is 3.82. The Morgan fingerprint density at radius 3 is 2.29 bits per heavy atom. The Hall–Kier alpha value is -1.88. The maximum absolute atomic E-state index is 13.1. The molecule has 2 saturated heterocycles. The van der Waals surface area contributed by atoms with Gasteiger partial charge in [0.1, 0.15) is 0 Å². The Morgan fingerprint density at radius 1 is 1.00 bits per heavy atom. The second-order valence-electron chi connectivity index (χ2n) is 7.00. The van der Waals surface area contributed by atoms with Crippen molar-refractivity contribution in [3.8, 4) is 0 Å². The summed E-state index contributed by atoms with van der Waals surface area (Å²) in [4.78, 5) is 30.8. The molecule has 5 heteroatoms. The Labute approximate surface area is 144 Å². The lowest BCUT2D eigenvalue weighted by Crippen LogP contribution is -2.52. The molecule has 5 nitrogen and oxygen atoms in total. The van der Waals surface area contributed by atoms with Crippen LogP contribution >= 0.6 is 0 Å². The molecule has 1 atom stereocenters. The van der Waals surface area contributed by atoms with Gasteiger partial charge in [-0.3, -0.25) is 9.59 Å². The number of carbonyl (C=O) groups is 2. The first-order valence-corrected chi connectivity index (χ1v) is 8.85. The van der Waals surface area contributed by atoms with Gasteiger partial charge in [-0.25, -0.2) is 0 Å². The van der Waals surface area contributed by atoms with E-state index < -0.39 is 0 Å². The van der Waals surface area contributed by atoms with Crippen LogP contribution in [-0.2, 0) is 9.59 Å². The molecule has 24 heavy (non-hydrogen) atoms. The number of benzene rings is 1. The molecule has 0 N–H and O–H groups in total. The van der Waals surface area contributed by atoms with E-state index in [2.05, 4.69) is 29.0 Å². The van der Waals surface area contributed by atoms with E-state index in [1.807, 2.05) is 23.1 Å². The zero-order valence-corrected chi connectivity index (χ0v) is 14.6. The summed E-state index contributed by atoms with van der Waals surface area (Å²) in [6.45, 7) is 5.59. The van der Waals surface area contributed by atoms with Crippen molar-refractivity contribution >= 4 is 11.8 Å². The Morgan fingerprint density at radius 2 is 1.67 bits per heavy atom. The average Bonchev–Trinajstić information content (AvgIpc) is 2.62. The van der Waals surface area contributed by atoms with Crippen LogP contribution in [0.3, 0.4) is 0 Å². The molecule has 0 saturated carbocycles. The zero-order chi connectivity index (χ0) is 17.1. The van der Waals surface area contributed by atoms with E-state index in [4.69, 9.17) is 0 Å². The molecular formula is C19H27N3O2. The second kappa shape index (κ2) is 7.34. The minimum atomic E-state index is 0.0511. The minimum absolute atomic E-state index is 0.0511. The van der Waals surface area contributed by atoms with Gasteiger partial charge in [0, 0.05) is 45.6 Å². The first-order chi connectivity index (χ1) is 11.6. The first kappa shape index (κ1) is 17.0. The number of amides is 2. The van der Waals surface area contributed by atoms with Gasteiger partial charge in [-0.2, -0.15) is 0 Å². The van der Waals surface area contributed by atoms with Crippen molar-refractivity contribution in [3.05, 3.63) is 35.9 Å². The van der Waals surface area contributed by atoms with Crippen LogP contribution in [0.25, 0.3) is 0 Å². The van der Waals surface area contributed by atoms with Gasteiger partial charge in [0.2, 0.25) is 11.8 Å². The Balaban J connectivity index is 1.71. The van der Waals surface area contributed by atoms with E-state index in [1.165, 1.54) is 5.56 Å². The number of piperazine rings is 1. The number of likely N-dealkylation sites (tertiary alicyclic amines) is 1. The van der Waals surface area contributed by atoms with Gasteiger partial charge in [0.25, 0.3) is 0 Å². The lowest BCUT2D eigenvalue weighted by atomic mass is 9.93. The highest BCUT2D eigenvalue weighted by molar-refractivity contribution is 5.80. The smallest absolute Gasteiger partial charge is 0.226 e. The van der Waals surface area contributed by atoms with Crippen LogP contribution in [-0.4, -0.2) is 66.3 Å². The summed E-state index contributed by atoms with van der Waals surface area (Å²) in [6, 6.07) is 10.4. The third-order valence-electron chi connectivity index (χ3n) is 5.34. The van der Waals surface area contributed by atoms with E-state index in [1.54, 1.807) is 6.92 Å². The van der Waals surface area contributed by atoms with Gasteiger partial charge < -0.3 is 14.7 Å². The minimum Gasteiger partial charge on any atom is -0.343 e. The number of hydrogen-bond donors (Lipinski definition) is 0. The van der Waals surface area contributed by atoms with E-state index in [-0.39, 0.29) is 23.8 Å². The predicted octanol–water partition coefficient (Wildman–Crippen LogP) is 1.76. The summed E-state index contributed by atoms with van der Waals surface area (Å²) in [5.41, 5.74) is 1.21. The topological polar surface area (TPSA) is 43.9 Å². The fourth-order valence-electron chi connectivity index (χ4n) is 3.82. The highest BCUT2D eigenvalue weighted by Gasteiger charge is 2.35. The van der Waals surface area contributed by atoms with Crippen LogP contribution in [0.15, 0.2) is 30.3 Å². The maximum atomic E-state index is 13.1. The van der Waals surface area contributed by atoms with Crippen molar-refractivity contribution in [1.82, 2.24) is 14.7 Å². The van der Waals surface area contributed by atoms with Crippen LogP contribution < -0.4 is 0 Å². The quantitative estimate of drug-likeness (QED) is 0.830. The molecule has 0 aromatic heterocycles. The molecule has 0 radical (unpaired) electrons. The molecule has 2 fully saturated rings. The number of likely N-dealkylation sites (N-methyl/N-ethyl adjacent to an activating group) is 1. The lowest BCUT2D eigenvalue weighted by molar-refractivity contribution is -0.144. The third kappa shape index (κ3) is 3.61. The number of nitrogens with zero attached hydrogens (tertiary/aromatic N) is 3. The van der Waals surface area contributed by atoms with Crippen molar-refractivity contribution < 1.29 is 9.59 Å². The monoisotopic (exact) mass is 329 g/mol. The maximum Gasteiger partial charge on any atom is 0.226 e. The van der Waals surface area contributed by atoms with Gasteiger partial charge in [-0.05, 0) is 25.5 Å². The standard InChI is InChI=1S/C19H27N3O2/c1-15(23)21-10-8-17(9-11-21)19(24)22-13-12-20(2)14-18(22)16-6-4-3-5-7-16/h3-7,17-18H,8-14H2,1-2H3/t18-/m0/s1. The van der Waals surface area contributed by atoms with Crippen molar-refractivity contribution in [2.75, 3.05) is 39.8 Å². The van der Waals surface area contributed by atoms with Crippen LogP contribution in [0.1, 0.15) is 31.4 Å². The number of carbonyl (C=O) groups excluding carboxylic acids is 2. The van der Waals surface area contributed by atoms with Crippen LogP contribution in [0.4, 0.5) is 0 Å². The van der Waals surface area contributed by atoms with Gasteiger partial charge in [0.15, 0.2) is 0 Å². The molecule has 3 rings (SSSR count). The predicted molar refractivity (Wildman–Crippen MR) is 93.4 cm³/mol. The molecule has 1 aromatic rings. The van der Waals surface area contributed by atoms with Crippen LogP contribution in [0.5, 0.6) is 0 Å². The fraction of sp³-hybridized carbons (Fsp3) is 0.579. The number of piperidine rings is 1. The van der Waals surface area contributed by atoms with Gasteiger partial charge in [-0.1, -0.05) is 30.3 Å². The van der Waals surface area contributed by atoms with E-state index in [0.717, 1.165) is 32.5 Å². The highest BCUT2D eigenvalue weighted by Crippen LogP contribution is 2.29.